The molecule has 0 aliphatic rings. The van der Waals surface area contributed by atoms with E-state index in [0.717, 1.165) is 21.3 Å². The molecule has 2 rings (SSSR count). The van der Waals surface area contributed by atoms with Crippen LogP contribution in [0.4, 0.5) is 4.39 Å². The van der Waals surface area contributed by atoms with E-state index in [1.54, 1.807) is 19.2 Å². The highest BCUT2D eigenvalue weighted by Gasteiger charge is 2.19. The zero-order chi connectivity index (χ0) is 19.3. The van der Waals surface area contributed by atoms with Crippen LogP contribution in [0.5, 0.6) is 5.75 Å². The van der Waals surface area contributed by atoms with Gasteiger partial charge in [-0.05, 0) is 72.1 Å². The first-order valence-electron chi connectivity index (χ1n) is 8.47. The molecule has 0 radical (unpaired) electrons. The Hall–Kier alpha value is -1.92. The first-order chi connectivity index (χ1) is 12.3. The Morgan fingerprint density at radius 1 is 1.04 bits per heavy atom. The van der Waals surface area contributed by atoms with Gasteiger partial charge in [0, 0.05) is 6.04 Å². The quantitative estimate of drug-likeness (QED) is 0.689. The van der Waals surface area contributed by atoms with E-state index in [4.69, 9.17) is 4.74 Å². The summed E-state index contributed by atoms with van der Waals surface area (Å²) in [6.45, 7) is 5.70. The molecule has 0 aliphatic carbocycles. The SMILES string of the molecule is COc1ccc(C(C)NC(C)C(=O)NC(C)c2ccc(F)cc2)cc1Br. The second-order valence-electron chi connectivity index (χ2n) is 6.29. The largest absolute Gasteiger partial charge is 0.496 e. The normalized spacial score (nSPS) is 14.4. The van der Waals surface area contributed by atoms with Gasteiger partial charge < -0.3 is 10.1 Å². The summed E-state index contributed by atoms with van der Waals surface area (Å²) < 4.78 is 19.1. The molecule has 1 amide bonds. The first-order valence-corrected chi connectivity index (χ1v) is 9.26. The van der Waals surface area contributed by atoms with E-state index in [2.05, 4.69) is 26.6 Å². The van der Waals surface area contributed by atoms with Gasteiger partial charge in [0.25, 0.3) is 0 Å². The van der Waals surface area contributed by atoms with Crippen LogP contribution >= 0.6 is 15.9 Å². The Labute approximate surface area is 162 Å². The molecule has 2 N–H and O–H groups in total. The van der Waals surface area contributed by atoms with Crippen molar-refractivity contribution in [1.82, 2.24) is 10.6 Å². The number of carbonyl (C=O) groups is 1. The Morgan fingerprint density at radius 3 is 2.23 bits per heavy atom. The average molecular weight is 423 g/mol. The van der Waals surface area contributed by atoms with Crippen LogP contribution in [0, 0.1) is 5.82 Å². The molecule has 0 heterocycles. The van der Waals surface area contributed by atoms with E-state index >= 15 is 0 Å². The van der Waals surface area contributed by atoms with E-state index in [9.17, 15) is 9.18 Å². The molecule has 0 aromatic heterocycles. The van der Waals surface area contributed by atoms with E-state index < -0.39 is 0 Å². The predicted molar refractivity (Wildman–Crippen MR) is 105 cm³/mol. The number of benzene rings is 2. The number of carbonyl (C=O) groups excluding carboxylic acids is 1. The van der Waals surface area contributed by atoms with Gasteiger partial charge in [-0.3, -0.25) is 10.1 Å². The number of rotatable bonds is 7. The Morgan fingerprint density at radius 2 is 1.65 bits per heavy atom. The molecule has 26 heavy (non-hydrogen) atoms. The predicted octanol–water partition coefficient (Wildman–Crippen LogP) is 4.51. The fourth-order valence-electron chi connectivity index (χ4n) is 2.67. The molecule has 0 spiro atoms. The van der Waals surface area contributed by atoms with Gasteiger partial charge in [-0.1, -0.05) is 18.2 Å². The smallest absolute Gasteiger partial charge is 0.237 e. The number of ether oxygens (including phenoxy) is 1. The minimum atomic E-state index is -0.381. The highest BCUT2D eigenvalue weighted by molar-refractivity contribution is 9.10. The van der Waals surface area contributed by atoms with Crippen molar-refractivity contribution in [3.63, 3.8) is 0 Å². The summed E-state index contributed by atoms with van der Waals surface area (Å²) in [5.41, 5.74) is 1.91. The van der Waals surface area contributed by atoms with Crippen molar-refractivity contribution >= 4 is 21.8 Å². The third-order valence-electron chi connectivity index (χ3n) is 4.30. The van der Waals surface area contributed by atoms with Gasteiger partial charge in [0.15, 0.2) is 0 Å². The van der Waals surface area contributed by atoms with E-state index in [1.165, 1.54) is 12.1 Å². The molecule has 3 atom stereocenters. The van der Waals surface area contributed by atoms with Crippen LogP contribution in [0.3, 0.4) is 0 Å². The zero-order valence-electron chi connectivity index (χ0n) is 15.3. The van der Waals surface area contributed by atoms with Crippen molar-refractivity contribution in [2.45, 2.75) is 38.9 Å². The van der Waals surface area contributed by atoms with Crippen LogP contribution in [0.2, 0.25) is 0 Å². The third-order valence-corrected chi connectivity index (χ3v) is 4.92. The lowest BCUT2D eigenvalue weighted by atomic mass is 10.1. The molecule has 140 valence electrons. The van der Waals surface area contributed by atoms with Crippen molar-refractivity contribution in [3.8, 4) is 5.75 Å². The monoisotopic (exact) mass is 422 g/mol. The van der Waals surface area contributed by atoms with Crippen LogP contribution < -0.4 is 15.4 Å². The molecule has 0 saturated heterocycles. The lowest BCUT2D eigenvalue weighted by molar-refractivity contribution is -0.123. The maximum atomic E-state index is 13.0. The molecule has 0 bridgehead atoms. The Bertz CT molecular complexity index is 752. The molecule has 2 aromatic rings. The van der Waals surface area contributed by atoms with Gasteiger partial charge in [0.2, 0.25) is 5.91 Å². The van der Waals surface area contributed by atoms with E-state index in [-0.39, 0.29) is 29.8 Å². The first kappa shape index (κ1) is 20.4. The second kappa shape index (κ2) is 9.14. The molecule has 6 heteroatoms. The maximum Gasteiger partial charge on any atom is 0.237 e. The summed E-state index contributed by atoms with van der Waals surface area (Å²) >= 11 is 3.48. The van der Waals surface area contributed by atoms with Crippen LogP contribution in [0.1, 0.15) is 44.0 Å². The molecular weight excluding hydrogens is 399 g/mol. The fraction of sp³-hybridized carbons (Fsp3) is 0.350. The Kier molecular flexibility index (Phi) is 7.17. The van der Waals surface area contributed by atoms with Crippen molar-refractivity contribution in [1.29, 1.82) is 0 Å². The fourth-order valence-corrected chi connectivity index (χ4v) is 3.23. The number of halogens is 2. The van der Waals surface area contributed by atoms with Crippen molar-refractivity contribution in [3.05, 3.63) is 63.9 Å². The number of amides is 1. The van der Waals surface area contributed by atoms with Crippen LogP contribution in [-0.2, 0) is 4.79 Å². The zero-order valence-corrected chi connectivity index (χ0v) is 16.9. The van der Waals surface area contributed by atoms with Crippen LogP contribution in [0.15, 0.2) is 46.9 Å². The van der Waals surface area contributed by atoms with E-state index in [0.29, 0.717) is 0 Å². The van der Waals surface area contributed by atoms with Crippen molar-refractivity contribution < 1.29 is 13.9 Å². The number of nitrogens with one attached hydrogen (secondary N) is 2. The lowest BCUT2D eigenvalue weighted by Gasteiger charge is -2.22. The minimum absolute atomic E-state index is 0.0147. The van der Waals surface area contributed by atoms with Crippen molar-refractivity contribution in [2.75, 3.05) is 7.11 Å². The number of hydrogen-bond acceptors (Lipinski definition) is 3. The summed E-state index contributed by atoms with van der Waals surface area (Å²) in [5, 5.41) is 6.24. The molecule has 0 saturated carbocycles. The lowest BCUT2D eigenvalue weighted by Crippen LogP contribution is -2.43. The summed E-state index contributed by atoms with van der Waals surface area (Å²) in [5.74, 6) is 0.364. The Balaban J connectivity index is 1.95. The van der Waals surface area contributed by atoms with Gasteiger partial charge in [0.05, 0.1) is 23.7 Å². The van der Waals surface area contributed by atoms with Gasteiger partial charge in [-0.25, -0.2) is 4.39 Å². The number of hydrogen-bond donors (Lipinski definition) is 2. The summed E-state index contributed by atoms with van der Waals surface area (Å²) in [6, 6.07) is 11.4. The molecule has 4 nitrogen and oxygen atoms in total. The summed E-state index contributed by atoms with van der Waals surface area (Å²) in [7, 11) is 1.62. The number of methoxy groups -OCH3 is 1. The van der Waals surface area contributed by atoms with E-state index in [1.807, 2.05) is 39.0 Å². The van der Waals surface area contributed by atoms with Gasteiger partial charge in [-0.2, -0.15) is 0 Å². The molecule has 3 unspecified atom stereocenters. The van der Waals surface area contributed by atoms with Crippen molar-refractivity contribution in [2.24, 2.45) is 0 Å². The second-order valence-corrected chi connectivity index (χ2v) is 7.14. The minimum Gasteiger partial charge on any atom is -0.496 e. The van der Waals surface area contributed by atoms with Gasteiger partial charge in [-0.15, -0.1) is 0 Å². The standard InChI is InChI=1S/C20H24BrFN2O2/c1-12(15-5-8-17(22)9-6-15)24-20(25)14(3)23-13(2)16-7-10-19(26-4)18(21)11-16/h5-14,23H,1-4H3,(H,24,25). The highest BCUT2D eigenvalue weighted by Crippen LogP contribution is 2.28. The topological polar surface area (TPSA) is 50.4 Å². The van der Waals surface area contributed by atoms with Gasteiger partial charge in [0.1, 0.15) is 11.6 Å². The van der Waals surface area contributed by atoms with Crippen LogP contribution in [-0.4, -0.2) is 19.1 Å². The van der Waals surface area contributed by atoms with Crippen LogP contribution in [0.25, 0.3) is 0 Å². The van der Waals surface area contributed by atoms with Gasteiger partial charge >= 0.3 is 0 Å². The summed E-state index contributed by atoms with van der Waals surface area (Å²) in [6.07, 6.45) is 0. The molecule has 0 fully saturated rings. The third kappa shape index (κ3) is 5.29. The highest BCUT2D eigenvalue weighted by atomic mass is 79.9. The molecule has 2 aromatic carbocycles. The molecule has 0 aliphatic heterocycles. The maximum absolute atomic E-state index is 13.0. The molecular formula is C20H24BrFN2O2. The average Bonchev–Trinajstić information content (AvgIpc) is 2.61. The summed E-state index contributed by atoms with van der Waals surface area (Å²) in [4.78, 5) is 12.5.